The number of para-hydroxylation sites is 1. The number of carboxylic acids is 3. The number of aromatic amines is 1. The largest absolute Gasteiger partial charge is 0.480 e. The Morgan fingerprint density at radius 1 is 0.750 bits per heavy atom. The second-order valence-electron chi connectivity index (χ2n) is 8.72. The van der Waals surface area contributed by atoms with Crippen LogP contribution in [0.3, 0.4) is 0 Å². The number of nitrogens with one attached hydrogen (secondary N) is 1. The van der Waals surface area contributed by atoms with Gasteiger partial charge in [-0.3, -0.25) is 14.4 Å². The van der Waals surface area contributed by atoms with Gasteiger partial charge in [-0.05, 0) is 36.0 Å². The van der Waals surface area contributed by atoms with Crippen molar-refractivity contribution in [2.75, 3.05) is 0 Å². The summed E-state index contributed by atoms with van der Waals surface area (Å²) >= 11 is 0. The SMILES string of the molecule is CC(C)CC(N)C(=O)O.NC(Cc1c[nH]c2ccccc12)C(=O)O.NC(Cc1ccccc1)C(=O)O. The van der Waals surface area contributed by atoms with Gasteiger partial charge >= 0.3 is 17.9 Å². The van der Waals surface area contributed by atoms with Gasteiger partial charge in [0.1, 0.15) is 18.1 Å². The van der Waals surface area contributed by atoms with E-state index < -0.39 is 36.0 Å². The van der Waals surface area contributed by atoms with E-state index in [1.165, 1.54) is 0 Å². The number of aromatic nitrogens is 1. The number of carbonyl (C=O) groups is 3. The van der Waals surface area contributed by atoms with E-state index >= 15 is 0 Å². The maximum atomic E-state index is 10.6. The molecule has 10 heteroatoms. The van der Waals surface area contributed by atoms with Gasteiger partial charge in [0.25, 0.3) is 0 Å². The lowest BCUT2D eigenvalue weighted by Gasteiger charge is -2.07. The first kappa shape index (κ1) is 30.3. The molecule has 2 aromatic carbocycles. The average molecular weight is 501 g/mol. The number of rotatable bonds is 9. The molecule has 0 saturated carbocycles. The van der Waals surface area contributed by atoms with Crippen LogP contribution in [0.2, 0.25) is 0 Å². The zero-order valence-corrected chi connectivity index (χ0v) is 20.5. The highest BCUT2D eigenvalue weighted by Gasteiger charge is 2.14. The maximum Gasteiger partial charge on any atom is 0.320 e. The summed E-state index contributed by atoms with van der Waals surface area (Å²) in [5.41, 5.74) is 19.0. The molecular weight excluding hydrogens is 464 g/mol. The summed E-state index contributed by atoms with van der Waals surface area (Å²) < 4.78 is 0. The third-order valence-corrected chi connectivity index (χ3v) is 5.09. The van der Waals surface area contributed by atoms with E-state index in [9.17, 15) is 14.4 Å². The smallest absolute Gasteiger partial charge is 0.320 e. The van der Waals surface area contributed by atoms with Gasteiger partial charge in [-0.15, -0.1) is 0 Å². The van der Waals surface area contributed by atoms with Crippen LogP contribution in [-0.4, -0.2) is 56.3 Å². The van der Waals surface area contributed by atoms with Crippen molar-refractivity contribution in [1.29, 1.82) is 0 Å². The highest BCUT2D eigenvalue weighted by Crippen LogP contribution is 2.18. The minimum Gasteiger partial charge on any atom is -0.480 e. The standard InChI is InChI=1S/C11H12N2O2.C9H11NO2.C6H13NO2/c12-9(11(14)15)5-7-6-13-10-4-2-1-3-8(7)10;10-8(9(11)12)6-7-4-2-1-3-5-7;1-4(2)3-5(7)6(8)9/h1-4,6,9,13H,5,12H2,(H,14,15);1-5,8H,6,10H2,(H,11,12);4-5H,3,7H2,1-2H3,(H,8,9). The first-order valence-electron chi connectivity index (χ1n) is 11.5. The Balaban J connectivity index is 0.000000280. The fraction of sp³-hybridized carbons (Fsp3) is 0.346. The van der Waals surface area contributed by atoms with Crippen LogP contribution in [0, 0.1) is 5.92 Å². The number of hydrogen-bond acceptors (Lipinski definition) is 6. The zero-order valence-electron chi connectivity index (χ0n) is 20.5. The van der Waals surface area contributed by atoms with Crippen molar-refractivity contribution < 1.29 is 29.7 Å². The number of fused-ring (bicyclic) bond motifs is 1. The first-order valence-corrected chi connectivity index (χ1v) is 11.5. The van der Waals surface area contributed by atoms with Gasteiger partial charge in [-0.25, -0.2) is 0 Å². The van der Waals surface area contributed by atoms with Gasteiger partial charge in [-0.2, -0.15) is 0 Å². The summed E-state index contributed by atoms with van der Waals surface area (Å²) in [7, 11) is 0. The Morgan fingerprint density at radius 3 is 1.75 bits per heavy atom. The van der Waals surface area contributed by atoms with Crippen LogP contribution in [-0.2, 0) is 27.2 Å². The molecule has 0 amide bonds. The molecule has 3 aromatic rings. The molecule has 0 spiro atoms. The summed E-state index contributed by atoms with van der Waals surface area (Å²) in [5, 5.41) is 26.6. The second-order valence-corrected chi connectivity index (χ2v) is 8.72. The van der Waals surface area contributed by atoms with Crippen molar-refractivity contribution in [1.82, 2.24) is 4.98 Å². The molecule has 0 fully saturated rings. The Bertz CT molecular complexity index is 1100. The van der Waals surface area contributed by atoms with Crippen LogP contribution in [0.25, 0.3) is 10.9 Å². The molecule has 3 unspecified atom stereocenters. The molecular formula is C26H36N4O6. The van der Waals surface area contributed by atoms with Crippen molar-refractivity contribution >= 4 is 28.8 Å². The summed E-state index contributed by atoms with van der Waals surface area (Å²) in [6.45, 7) is 3.89. The van der Waals surface area contributed by atoms with Crippen molar-refractivity contribution in [2.45, 2.75) is 51.2 Å². The fourth-order valence-electron chi connectivity index (χ4n) is 3.19. The van der Waals surface area contributed by atoms with Crippen molar-refractivity contribution in [3.05, 3.63) is 71.9 Å². The number of benzene rings is 2. The average Bonchev–Trinajstić information content (AvgIpc) is 3.23. The number of carboxylic acid groups (broad SMARTS) is 3. The van der Waals surface area contributed by atoms with E-state index in [4.69, 9.17) is 32.5 Å². The third-order valence-electron chi connectivity index (χ3n) is 5.09. The molecule has 0 aliphatic rings. The fourth-order valence-corrected chi connectivity index (χ4v) is 3.19. The first-order chi connectivity index (χ1) is 16.9. The molecule has 3 rings (SSSR count). The number of H-pyrrole nitrogens is 1. The summed E-state index contributed by atoms with van der Waals surface area (Å²) in [5.74, 6) is -2.49. The van der Waals surface area contributed by atoms with Crippen LogP contribution in [0.15, 0.2) is 60.8 Å². The molecule has 0 saturated heterocycles. The number of nitrogens with two attached hydrogens (primary N) is 3. The van der Waals surface area contributed by atoms with Gasteiger partial charge in [-0.1, -0.05) is 62.4 Å². The van der Waals surface area contributed by atoms with Gasteiger partial charge < -0.3 is 37.5 Å². The van der Waals surface area contributed by atoms with Crippen LogP contribution in [0.5, 0.6) is 0 Å². The van der Waals surface area contributed by atoms with Crippen LogP contribution >= 0.6 is 0 Å². The van der Waals surface area contributed by atoms with E-state index in [2.05, 4.69) is 4.98 Å². The second kappa shape index (κ2) is 15.3. The Morgan fingerprint density at radius 2 is 1.25 bits per heavy atom. The Hall–Kier alpha value is -3.73. The van der Waals surface area contributed by atoms with Gasteiger partial charge in [0.2, 0.25) is 0 Å². The topological polar surface area (TPSA) is 206 Å². The van der Waals surface area contributed by atoms with E-state index in [0.29, 0.717) is 25.2 Å². The maximum absolute atomic E-state index is 10.6. The van der Waals surface area contributed by atoms with E-state index in [1.807, 2.05) is 74.6 Å². The van der Waals surface area contributed by atoms with Gasteiger partial charge in [0.15, 0.2) is 0 Å². The molecule has 1 heterocycles. The molecule has 3 atom stereocenters. The highest BCUT2D eigenvalue weighted by atomic mass is 16.4. The zero-order chi connectivity index (χ0) is 27.3. The Kier molecular flexibility index (Phi) is 12.9. The molecule has 36 heavy (non-hydrogen) atoms. The highest BCUT2D eigenvalue weighted by molar-refractivity contribution is 5.84. The van der Waals surface area contributed by atoms with E-state index in [1.54, 1.807) is 0 Å². The minimum atomic E-state index is -0.972. The van der Waals surface area contributed by atoms with Crippen LogP contribution < -0.4 is 17.2 Å². The molecule has 0 bridgehead atoms. The molecule has 10 N–H and O–H groups in total. The normalized spacial score (nSPS) is 12.9. The molecule has 196 valence electrons. The van der Waals surface area contributed by atoms with Crippen molar-refractivity contribution in [3.63, 3.8) is 0 Å². The van der Waals surface area contributed by atoms with Gasteiger partial charge in [0.05, 0.1) is 0 Å². The summed E-state index contributed by atoms with van der Waals surface area (Å²) in [6, 6.07) is 14.8. The number of hydrogen-bond donors (Lipinski definition) is 7. The lowest BCUT2D eigenvalue weighted by Crippen LogP contribution is -2.32. The van der Waals surface area contributed by atoms with Crippen LogP contribution in [0.1, 0.15) is 31.4 Å². The minimum absolute atomic E-state index is 0.347. The number of aliphatic carboxylic acids is 3. The molecule has 0 aliphatic heterocycles. The lowest BCUT2D eigenvalue weighted by molar-refractivity contribution is -0.139. The van der Waals surface area contributed by atoms with Crippen molar-refractivity contribution in [2.24, 2.45) is 23.1 Å². The van der Waals surface area contributed by atoms with Gasteiger partial charge in [0, 0.05) is 23.5 Å². The molecule has 10 nitrogen and oxygen atoms in total. The summed E-state index contributed by atoms with van der Waals surface area (Å²) in [4.78, 5) is 34.2. The van der Waals surface area contributed by atoms with E-state index in [0.717, 1.165) is 22.0 Å². The predicted octanol–water partition coefficient (Wildman–Crippen LogP) is 2.21. The third kappa shape index (κ3) is 11.1. The Labute approximate surface area is 210 Å². The predicted molar refractivity (Wildman–Crippen MR) is 138 cm³/mol. The molecule has 1 aromatic heterocycles. The molecule has 0 radical (unpaired) electrons. The lowest BCUT2D eigenvalue weighted by atomic mass is 10.1. The van der Waals surface area contributed by atoms with E-state index in [-0.39, 0.29) is 0 Å². The monoisotopic (exact) mass is 500 g/mol. The molecule has 0 aliphatic carbocycles. The van der Waals surface area contributed by atoms with Crippen molar-refractivity contribution in [3.8, 4) is 0 Å². The summed E-state index contributed by atoms with van der Waals surface area (Å²) in [6.07, 6.45) is 3.10. The van der Waals surface area contributed by atoms with Crippen LogP contribution in [0.4, 0.5) is 0 Å². The quantitative estimate of drug-likeness (QED) is 0.229.